The van der Waals surface area contributed by atoms with Gasteiger partial charge >= 0.3 is 0 Å². The van der Waals surface area contributed by atoms with Gasteiger partial charge in [-0.3, -0.25) is 4.79 Å². The van der Waals surface area contributed by atoms with Crippen molar-refractivity contribution in [1.29, 1.82) is 0 Å². The fourth-order valence-electron chi connectivity index (χ4n) is 3.70. The number of fused-ring (bicyclic) bond motifs is 2. The van der Waals surface area contributed by atoms with E-state index in [1.165, 1.54) is 0 Å². The molecule has 5 rings (SSSR count). The fraction of sp³-hybridized carbons (Fsp3) is 0.125. The highest BCUT2D eigenvalue weighted by atomic mass is 32.1. The summed E-state index contributed by atoms with van der Waals surface area (Å²) < 4.78 is 2.98. The van der Waals surface area contributed by atoms with Gasteiger partial charge in [-0.1, -0.05) is 36.4 Å². The number of ketones is 1. The van der Waals surface area contributed by atoms with E-state index in [0.717, 1.165) is 48.6 Å². The first-order chi connectivity index (χ1) is 14.1. The van der Waals surface area contributed by atoms with Gasteiger partial charge in [-0.15, -0.1) is 11.3 Å². The van der Waals surface area contributed by atoms with Gasteiger partial charge < -0.3 is 0 Å². The molecule has 2 aromatic carbocycles. The molecule has 0 saturated heterocycles. The van der Waals surface area contributed by atoms with Crippen molar-refractivity contribution in [1.82, 2.24) is 14.8 Å². The van der Waals surface area contributed by atoms with Crippen LogP contribution in [0.5, 0.6) is 0 Å². The van der Waals surface area contributed by atoms with E-state index in [2.05, 4.69) is 11.2 Å². The van der Waals surface area contributed by atoms with Gasteiger partial charge in [-0.25, -0.2) is 9.67 Å². The lowest BCUT2D eigenvalue weighted by atomic mass is 10.0. The lowest BCUT2D eigenvalue weighted by molar-refractivity contribution is 0.0997. The second-order valence-corrected chi connectivity index (χ2v) is 8.33. The molecule has 5 heteroatoms. The summed E-state index contributed by atoms with van der Waals surface area (Å²) in [5, 5.41) is 6.68. The average Bonchev–Trinajstić information content (AvgIpc) is 3.30. The van der Waals surface area contributed by atoms with E-state index < -0.39 is 0 Å². The normalized spacial score (nSPS) is 11.4. The van der Waals surface area contributed by atoms with Crippen LogP contribution in [-0.2, 0) is 6.42 Å². The number of carbonyl (C=O) groups is 1. The maximum Gasteiger partial charge on any atom is 0.177 e. The molecule has 0 atom stereocenters. The number of pyridine rings is 1. The number of aryl methyl sites for hydroxylation is 2. The first-order valence-electron chi connectivity index (χ1n) is 9.52. The third-order valence-corrected chi connectivity index (χ3v) is 6.22. The third kappa shape index (κ3) is 3.23. The second kappa shape index (κ2) is 6.94. The number of carbonyl (C=O) groups excluding carboxylic acids is 1. The molecule has 0 spiro atoms. The van der Waals surface area contributed by atoms with Gasteiger partial charge in [0.1, 0.15) is 0 Å². The second-order valence-electron chi connectivity index (χ2n) is 7.25. The molecule has 0 aliphatic heterocycles. The molecule has 3 heterocycles. The summed E-state index contributed by atoms with van der Waals surface area (Å²) in [5.41, 5.74) is 3.78. The van der Waals surface area contributed by atoms with Crippen LogP contribution in [0.25, 0.3) is 26.8 Å². The molecule has 3 aromatic heterocycles. The maximum absolute atomic E-state index is 13.0. The molecule has 0 fully saturated rings. The van der Waals surface area contributed by atoms with E-state index in [-0.39, 0.29) is 5.78 Å². The molecule has 0 unspecified atom stereocenters. The van der Waals surface area contributed by atoms with Gasteiger partial charge in [0.2, 0.25) is 0 Å². The number of benzene rings is 2. The number of nitrogens with zero attached hydrogens (tertiary/aromatic N) is 3. The van der Waals surface area contributed by atoms with E-state index in [0.29, 0.717) is 6.42 Å². The average molecular weight is 398 g/mol. The molecule has 0 radical (unpaired) electrons. The zero-order valence-electron chi connectivity index (χ0n) is 16.2. The topological polar surface area (TPSA) is 47.8 Å². The SMILES string of the molecule is Cc1cc(C)n(-c2ccc3cccc(CC(=O)c4cc5ccccc5s4)c3n2)n1. The smallest absolute Gasteiger partial charge is 0.177 e. The molecule has 4 nitrogen and oxygen atoms in total. The highest BCUT2D eigenvalue weighted by molar-refractivity contribution is 7.20. The lowest BCUT2D eigenvalue weighted by Gasteiger charge is -2.08. The molecular formula is C24H19N3OS. The Morgan fingerprint density at radius 1 is 0.966 bits per heavy atom. The van der Waals surface area contributed by atoms with E-state index in [4.69, 9.17) is 4.98 Å². The minimum Gasteiger partial charge on any atom is -0.293 e. The Labute approximate surface area is 172 Å². The molecule has 0 aliphatic carbocycles. The van der Waals surface area contributed by atoms with Crippen LogP contribution < -0.4 is 0 Å². The number of thiophene rings is 1. The van der Waals surface area contributed by atoms with E-state index in [1.807, 2.05) is 79.2 Å². The lowest BCUT2D eigenvalue weighted by Crippen LogP contribution is -2.05. The Kier molecular flexibility index (Phi) is 4.25. The molecule has 0 N–H and O–H groups in total. The van der Waals surface area contributed by atoms with Gasteiger partial charge in [-0.05, 0) is 55.1 Å². The summed E-state index contributed by atoms with van der Waals surface area (Å²) in [7, 11) is 0. The van der Waals surface area contributed by atoms with Crippen LogP contribution in [0.4, 0.5) is 0 Å². The molecule has 5 aromatic rings. The Morgan fingerprint density at radius 2 is 1.79 bits per heavy atom. The van der Waals surface area contributed by atoms with Crippen molar-refractivity contribution in [2.45, 2.75) is 20.3 Å². The molecule has 0 saturated carbocycles. The Hall–Kier alpha value is -3.31. The third-order valence-electron chi connectivity index (χ3n) is 5.07. The number of aromatic nitrogens is 3. The summed E-state index contributed by atoms with van der Waals surface area (Å²) in [5.74, 6) is 0.891. The predicted molar refractivity (Wildman–Crippen MR) is 118 cm³/mol. The number of hydrogen-bond acceptors (Lipinski definition) is 4. The van der Waals surface area contributed by atoms with Crippen LogP contribution in [0.2, 0.25) is 0 Å². The zero-order chi connectivity index (χ0) is 20.0. The van der Waals surface area contributed by atoms with Crippen LogP contribution in [0.15, 0.2) is 66.7 Å². The summed E-state index contributed by atoms with van der Waals surface area (Å²) in [6.07, 6.45) is 0.331. The van der Waals surface area contributed by atoms with Gasteiger partial charge in [0, 0.05) is 22.2 Å². The van der Waals surface area contributed by atoms with Crippen LogP contribution in [0.3, 0.4) is 0 Å². The van der Waals surface area contributed by atoms with Gasteiger partial charge in [0.25, 0.3) is 0 Å². The van der Waals surface area contributed by atoms with Gasteiger partial charge in [0.15, 0.2) is 11.6 Å². The number of Topliss-reactive ketones (excluding diaryl/α,β-unsaturated/α-hetero) is 1. The largest absolute Gasteiger partial charge is 0.293 e. The van der Waals surface area contributed by atoms with Crippen molar-refractivity contribution in [3.05, 3.63) is 88.6 Å². The standard InChI is InChI=1S/C24H19N3OS/c1-15-12-16(2)27(26-15)23-11-10-17-7-5-8-19(24(17)25-23)13-20(28)22-14-18-6-3-4-9-21(18)29-22/h3-12,14H,13H2,1-2H3. The number of para-hydroxylation sites is 1. The minimum atomic E-state index is 0.122. The van der Waals surface area contributed by atoms with Gasteiger partial charge in [0.05, 0.1) is 16.1 Å². The maximum atomic E-state index is 13.0. The Morgan fingerprint density at radius 3 is 2.59 bits per heavy atom. The minimum absolute atomic E-state index is 0.122. The zero-order valence-corrected chi connectivity index (χ0v) is 17.0. The van der Waals surface area contributed by atoms with Crippen LogP contribution in [0, 0.1) is 13.8 Å². The van der Waals surface area contributed by atoms with Gasteiger partial charge in [-0.2, -0.15) is 5.10 Å². The van der Waals surface area contributed by atoms with Crippen LogP contribution >= 0.6 is 11.3 Å². The Balaban J connectivity index is 1.54. The molecule has 0 bridgehead atoms. The summed E-state index contributed by atoms with van der Waals surface area (Å²) >= 11 is 1.55. The summed E-state index contributed by atoms with van der Waals surface area (Å²) in [6.45, 7) is 3.99. The van der Waals surface area contributed by atoms with Crippen molar-refractivity contribution in [3.63, 3.8) is 0 Å². The van der Waals surface area contributed by atoms with E-state index in [9.17, 15) is 4.79 Å². The molecular weight excluding hydrogens is 378 g/mol. The van der Waals surface area contributed by atoms with Crippen molar-refractivity contribution in [2.75, 3.05) is 0 Å². The molecule has 0 amide bonds. The van der Waals surface area contributed by atoms with E-state index >= 15 is 0 Å². The summed E-state index contributed by atoms with van der Waals surface area (Å²) in [4.78, 5) is 18.7. The van der Waals surface area contributed by atoms with E-state index in [1.54, 1.807) is 11.3 Å². The van der Waals surface area contributed by atoms with Crippen molar-refractivity contribution < 1.29 is 4.79 Å². The Bertz CT molecular complexity index is 1350. The fourth-order valence-corrected chi connectivity index (χ4v) is 4.70. The van der Waals surface area contributed by atoms with Crippen LogP contribution in [-0.4, -0.2) is 20.5 Å². The first kappa shape index (κ1) is 17.8. The predicted octanol–water partition coefficient (Wildman–Crippen LogP) is 5.68. The quantitative estimate of drug-likeness (QED) is 0.367. The van der Waals surface area contributed by atoms with Crippen molar-refractivity contribution >= 4 is 38.1 Å². The number of hydrogen-bond donors (Lipinski definition) is 0. The van der Waals surface area contributed by atoms with Crippen molar-refractivity contribution in [3.8, 4) is 5.82 Å². The molecule has 0 aliphatic rings. The van der Waals surface area contributed by atoms with Crippen LogP contribution in [0.1, 0.15) is 26.6 Å². The number of rotatable bonds is 4. The molecule has 142 valence electrons. The monoisotopic (exact) mass is 397 g/mol. The molecule has 29 heavy (non-hydrogen) atoms. The highest BCUT2D eigenvalue weighted by Gasteiger charge is 2.14. The highest BCUT2D eigenvalue weighted by Crippen LogP contribution is 2.27. The van der Waals surface area contributed by atoms with Crippen molar-refractivity contribution in [2.24, 2.45) is 0 Å². The first-order valence-corrected chi connectivity index (χ1v) is 10.3. The summed E-state index contributed by atoms with van der Waals surface area (Å²) in [6, 6.07) is 22.1.